The number of carbonyl (C=O) groups excluding carboxylic acids is 3. The molecule has 1 N–H and O–H groups in total. The molecule has 1 aromatic heterocycles. The van der Waals surface area contributed by atoms with Gasteiger partial charge in [0.2, 0.25) is 0 Å². The fraction of sp³-hybridized carbons (Fsp3) is 0.125. The standard InChI is InChI=1S/C32H25N3O4/c1-39-23-18-16-20(17-19-23)26-27(29(36)21-10-4-2-5-11-21)30-33-24-14-8-9-15-25(24)35(30)32(38)28(26)34-31(37)22-12-6-3-7-13-22/h2-19,26-28H,1H3,(H,34,37)/t26-,27-,28+/m0/s1. The third-order valence-corrected chi connectivity index (χ3v) is 7.23. The summed E-state index contributed by atoms with van der Waals surface area (Å²) in [7, 11) is 1.58. The summed E-state index contributed by atoms with van der Waals surface area (Å²) in [6, 6.07) is 31.2. The van der Waals surface area contributed by atoms with Gasteiger partial charge in [0.25, 0.3) is 11.8 Å². The van der Waals surface area contributed by atoms with Crippen LogP contribution in [0.5, 0.6) is 5.75 Å². The van der Waals surface area contributed by atoms with Gasteiger partial charge in [0, 0.05) is 17.0 Å². The van der Waals surface area contributed by atoms with E-state index >= 15 is 0 Å². The van der Waals surface area contributed by atoms with Crippen molar-refractivity contribution < 1.29 is 19.1 Å². The van der Waals surface area contributed by atoms with Crippen molar-refractivity contribution in [1.82, 2.24) is 14.9 Å². The molecule has 5 aromatic rings. The molecule has 3 atom stereocenters. The highest BCUT2D eigenvalue weighted by Gasteiger charge is 2.49. The van der Waals surface area contributed by atoms with Gasteiger partial charge in [-0.25, -0.2) is 4.98 Å². The van der Waals surface area contributed by atoms with Crippen LogP contribution in [0.3, 0.4) is 0 Å². The summed E-state index contributed by atoms with van der Waals surface area (Å²) in [6.45, 7) is 0. The van der Waals surface area contributed by atoms with E-state index in [9.17, 15) is 14.4 Å². The molecule has 192 valence electrons. The van der Waals surface area contributed by atoms with E-state index in [0.717, 1.165) is 5.56 Å². The molecule has 0 bridgehead atoms. The van der Waals surface area contributed by atoms with Crippen molar-refractivity contribution in [3.8, 4) is 5.75 Å². The molecule has 0 saturated carbocycles. The highest BCUT2D eigenvalue weighted by Crippen LogP contribution is 2.43. The average molecular weight is 516 g/mol. The lowest BCUT2D eigenvalue weighted by atomic mass is 9.73. The summed E-state index contributed by atoms with van der Waals surface area (Å²) < 4.78 is 6.84. The van der Waals surface area contributed by atoms with Crippen molar-refractivity contribution >= 4 is 28.6 Å². The first-order chi connectivity index (χ1) is 19.1. The number of amides is 1. The number of nitrogens with zero attached hydrogens (tertiary/aromatic N) is 2. The lowest BCUT2D eigenvalue weighted by Crippen LogP contribution is -2.53. The van der Waals surface area contributed by atoms with Gasteiger partial charge in [-0.2, -0.15) is 0 Å². The Morgan fingerprint density at radius 3 is 2.08 bits per heavy atom. The van der Waals surface area contributed by atoms with Crippen LogP contribution in [0.1, 0.15) is 48.7 Å². The highest BCUT2D eigenvalue weighted by molar-refractivity contribution is 6.07. The number of ether oxygens (including phenoxy) is 1. The van der Waals surface area contributed by atoms with Crippen molar-refractivity contribution in [3.63, 3.8) is 0 Å². The molecular weight excluding hydrogens is 490 g/mol. The summed E-state index contributed by atoms with van der Waals surface area (Å²) >= 11 is 0. The van der Waals surface area contributed by atoms with Crippen molar-refractivity contribution in [1.29, 1.82) is 0 Å². The summed E-state index contributed by atoms with van der Waals surface area (Å²) in [6.07, 6.45) is 0. The summed E-state index contributed by atoms with van der Waals surface area (Å²) in [5.74, 6) is -1.48. The van der Waals surface area contributed by atoms with E-state index in [2.05, 4.69) is 5.32 Å². The van der Waals surface area contributed by atoms with Crippen LogP contribution < -0.4 is 10.1 Å². The molecule has 4 aromatic carbocycles. The second-order valence-electron chi connectivity index (χ2n) is 9.46. The van der Waals surface area contributed by atoms with E-state index in [4.69, 9.17) is 9.72 Å². The smallest absolute Gasteiger partial charge is 0.255 e. The molecule has 2 heterocycles. The first-order valence-electron chi connectivity index (χ1n) is 12.7. The Bertz CT molecular complexity index is 1680. The van der Waals surface area contributed by atoms with Gasteiger partial charge in [-0.3, -0.25) is 19.0 Å². The maximum atomic E-state index is 14.3. The lowest BCUT2D eigenvalue weighted by Gasteiger charge is -2.37. The van der Waals surface area contributed by atoms with Crippen LogP contribution in [-0.4, -0.2) is 40.3 Å². The average Bonchev–Trinajstić information content (AvgIpc) is 3.38. The van der Waals surface area contributed by atoms with Crippen LogP contribution in [-0.2, 0) is 0 Å². The Morgan fingerprint density at radius 2 is 1.41 bits per heavy atom. The summed E-state index contributed by atoms with van der Waals surface area (Å²) in [5.41, 5.74) is 2.84. The maximum Gasteiger partial charge on any atom is 0.255 e. The number of ketones is 1. The molecule has 1 amide bonds. The molecule has 1 aliphatic heterocycles. The Kier molecular flexibility index (Phi) is 6.25. The van der Waals surface area contributed by atoms with Gasteiger partial charge in [0.05, 0.1) is 24.1 Å². The van der Waals surface area contributed by atoms with E-state index in [-0.39, 0.29) is 11.7 Å². The van der Waals surface area contributed by atoms with E-state index in [1.165, 1.54) is 4.57 Å². The highest BCUT2D eigenvalue weighted by atomic mass is 16.5. The fourth-order valence-electron chi connectivity index (χ4n) is 5.37. The van der Waals surface area contributed by atoms with E-state index in [0.29, 0.717) is 33.7 Å². The summed E-state index contributed by atoms with van der Waals surface area (Å²) in [5, 5.41) is 2.97. The lowest BCUT2D eigenvalue weighted by molar-refractivity contribution is 0.0727. The molecular formula is C32H25N3O4. The second kappa shape index (κ2) is 10.0. The summed E-state index contributed by atoms with van der Waals surface area (Å²) in [4.78, 5) is 46.7. The molecule has 0 radical (unpaired) electrons. The van der Waals surface area contributed by atoms with Crippen LogP contribution in [0.4, 0.5) is 0 Å². The SMILES string of the molecule is COc1ccc([C@@H]2[C@@H](NC(=O)c3ccccc3)C(=O)n3c(nc4ccccc43)[C@@H]2C(=O)c2ccccc2)cc1. The minimum atomic E-state index is -1.03. The first-order valence-corrected chi connectivity index (χ1v) is 12.7. The molecule has 0 unspecified atom stereocenters. The fourth-order valence-corrected chi connectivity index (χ4v) is 5.37. The molecule has 0 fully saturated rings. The number of fused-ring (bicyclic) bond motifs is 3. The van der Waals surface area contributed by atoms with Crippen molar-refractivity contribution in [3.05, 3.63) is 132 Å². The number of carbonyl (C=O) groups is 3. The molecule has 0 saturated heterocycles. The zero-order valence-electron chi connectivity index (χ0n) is 21.2. The molecule has 39 heavy (non-hydrogen) atoms. The predicted octanol–water partition coefficient (Wildman–Crippen LogP) is 5.25. The molecule has 0 aliphatic carbocycles. The number of nitrogens with one attached hydrogen (secondary N) is 1. The quantitative estimate of drug-likeness (QED) is 0.312. The number of imidazole rings is 1. The maximum absolute atomic E-state index is 14.3. The number of Topliss-reactive ketones (excluding diaryl/α,β-unsaturated/α-hetero) is 1. The van der Waals surface area contributed by atoms with Crippen LogP contribution in [0.25, 0.3) is 11.0 Å². The van der Waals surface area contributed by atoms with E-state index < -0.39 is 23.8 Å². The number of benzene rings is 4. The molecule has 6 rings (SSSR count). The largest absolute Gasteiger partial charge is 0.497 e. The van der Waals surface area contributed by atoms with E-state index in [1.807, 2.05) is 42.5 Å². The number of rotatable bonds is 6. The molecule has 7 heteroatoms. The molecule has 0 spiro atoms. The van der Waals surface area contributed by atoms with Crippen LogP contribution >= 0.6 is 0 Å². The normalized spacial score (nSPS) is 18.4. The van der Waals surface area contributed by atoms with Gasteiger partial charge in [-0.1, -0.05) is 72.8 Å². The number of hydrogen-bond donors (Lipinski definition) is 1. The van der Waals surface area contributed by atoms with Gasteiger partial charge < -0.3 is 10.1 Å². The molecule has 1 aliphatic rings. The van der Waals surface area contributed by atoms with Crippen molar-refractivity contribution in [2.45, 2.75) is 17.9 Å². The minimum absolute atomic E-state index is 0.181. The van der Waals surface area contributed by atoms with Gasteiger partial charge in [0.15, 0.2) is 5.78 Å². The van der Waals surface area contributed by atoms with Gasteiger partial charge >= 0.3 is 0 Å². The Balaban J connectivity index is 1.57. The van der Waals surface area contributed by atoms with Crippen molar-refractivity contribution in [2.75, 3.05) is 7.11 Å². The number of hydrogen-bond acceptors (Lipinski definition) is 5. The number of aromatic nitrogens is 2. The molecule has 7 nitrogen and oxygen atoms in total. The third-order valence-electron chi connectivity index (χ3n) is 7.23. The zero-order chi connectivity index (χ0) is 26.9. The first kappa shape index (κ1) is 24.3. The third kappa shape index (κ3) is 4.28. The van der Waals surface area contributed by atoms with Crippen LogP contribution in [0, 0.1) is 0 Å². The predicted molar refractivity (Wildman–Crippen MR) is 147 cm³/mol. The van der Waals surface area contributed by atoms with Gasteiger partial charge in [-0.05, 0) is 42.0 Å². The van der Waals surface area contributed by atoms with Crippen LogP contribution in [0.2, 0.25) is 0 Å². The second-order valence-corrected chi connectivity index (χ2v) is 9.46. The topological polar surface area (TPSA) is 90.3 Å². The van der Waals surface area contributed by atoms with Crippen molar-refractivity contribution in [2.24, 2.45) is 0 Å². The Labute approximate surface area is 225 Å². The van der Waals surface area contributed by atoms with Gasteiger partial charge in [-0.15, -0.1) is 0 Å². The number of methoxy groups -OCH3 is 1. The minimum Gasteiger partial charge on any atom is -0.497 e. The zero-order valence-corrected chi connectivity index (χ0v) is 21.2. The Hall–Kier alpha value is -5.04. The van der Waals surface area contributed by atoms with Gasteiger partial charge in [0.1, 0.15) is 17.6 Å². The van der Waals surface area contributed by atoms with Crippen LogP contribution in [0.15, 0.2) is 109 Å². The van der Waals surface area contributed by atoms with E-state index in [1.54, 1.807) is 73.8 Å². The monoisotopic (exact) mass is 515 g/mol. The Morgan fingerprint density at radius 1 is 0.795 bits per heavy atom. The number of para-hydroxylation sites is 2.